The van der Waals surface area contributed by atoms with Crippen LogP contribution in [0, 0.1) is 0 Å². The van der Waals surface area contributed by atoms with Crippen LogP contribution in [0.4, 0.5) is 26.3 Å². The number of hydrogen-bond donors (Lipinski definition) is 0. The topological polar surface area (TPSA) is 30.0 Å². The number of hydrogen-bond acceptors (Lipinski definition) is 3. The number of rotatable bonds is 2. The molecule has 20 heavy (non-hydrogen) atoms. The molecule has 1 heterocycles. The molecule has 0 N–H and O–H groups in total. The molecule has 0 radical (unpaired) electrons. The van der Waals surface area contributed by atoms with Crippen LogP contribution < -0.4 is 0 Å². The van der Waals surface area contributed by atoms with Crippen LogP contribution in [0.25, 0.3) is 10.2 Å². The molecular weight excluding hydrogens is 308 g/mol. The van der Waals surface area contributed by atoms with Gasteiger partial charge in [0.2, 0.25) is 5.78 Å². The third-order valence-electron chi connectivity index (χ3n) is 2.39. The van der Waals surface area contributed by atoms with Crippen molar-refractivity contribution in [2.45, 2.75) is 18.8 Å². The van der Waals surface area contributed by atoms with E-state index in [0.717, 1.165) is 29.5 Å². The summed E-state index contributed by atoms with van der Waals surface area (Å²) in [6.45, 7) is 0. The summed E-state index contributed by atoms with van der Waals surface area (Å²) in [6, 6.07) is 2.68. The van der Waals surface area contributed by atoms with Gasteiger partial charge in [0.1, 0.15) is 5.01 Å². The molecule has 0 bridgehead atoms. The minimum absolute atomic E-state index is 0.0743. The molecule has 2 rings (SSSR count). The predicted octanol–water partition coefficient (Wildman–Crippen LogP) is 3.99. The van der Waals surface area contributed by atoms with E-state index >= 15 is 0 Å². The number of benzene rings is 1. The average molecular weight is 313 g/mol. The van der Waals surface area contributed by atoms with Crippen molar-refractivity contribution in [1.29, 1.82) is 0 Å². The summed E-state index contributed by atoms with van der Waals surface area (Å²) < 4.78 is 73.9. The van der Waals surface area contributed by atoms with Crippen molar-refractivity contribution >= 4 is 27.3 Å². The number of alkyl halides is 6. The van der Waals surface area contributed by atoms with Crippen molar-refractivity contribution in [1.82, 2.24) is 4.98 Å². The zero-order valence-corrected chi connectivity index (χ0v) is 10.3. The quantitative estimate of drug-likeness (QED) is 0.785. The number of ketones is 1. The van der Waals surface area contributed by atoms with Crippen molar-refractivity contribution in [3.8, 4) is 0 Å². The summed E-state index contributed by atoms with van der Waals surface area (Å²) in [5, 5.41) is -0.165. The molecule has 0 atom stereocenters. The molecule has 0 amide bonds. The Bertz CT molecular complexity index is 657. The first-order chi connectivity index (χ1) is 9.07. The predicted molar refractivity (Wildman–Crippen MR) is 59.4 cm³/mol. The second-order valence-corrected chi connectivity index (χ2v) is 5.00. The van der Waals surface area contributed by atoms with Gasteiger partial charge in [0.05, 0.1) is 22.2 Å². The highest BCUT2D eigenvalue weighted by Gasteiger charge is 2.38. The highest BCUT2D eigenvalue weighted by Crippen LogP contribution is 2.33. The standard InChI is InChI=1S/C11H5F6NOS/c12-10(13,14)5-1-2-7-6(3-5)18-9(20-7)4-8(19)11(15,16)17/h1-3H,4H2. The number of halogens is 6. The Morgan fingerprint density at radius 3 is 2.35 bits per heavy atom. The van der Waals surface area contributed by atoms with Crippen LogP contribution >= 0.6 is 11.3 Å². The fraction of sp³-hybridized carbons (Fsp3) is 0.273. The van der Waals surface area contributed by atoms with Crippen LogP contribution in [0.5, 0.6) is 0 Å². The number of aromatic nitrogens is 1. The Labute approximate surface area is 112 Å². The summed E-state index contributed by atoms with van der Waals surface area (Å²) in [4.78, 5) is 14.4. The van der Waals surface area contributed by atoms with E-state index < -0.39 is 30.1 Å². The molecule has 108 valence electrons. The molecule has 0 saturated carbocycles. The lowest BCUT2D eigenvalue weighted by atomic mass is 10.2. The monoisotopic (exact) mass is 313 g/mol. The molecular formula is C11H5F6NOS. The van der Waals surface area contributed by atoms with Crippen LogP contribution in [0.15, 0.2) is 18.2 Å². The Morgan fingerprint density at radius 1 is 1.15 bits per heavy atom. The highest BCUT2D eigenvalue weighted by molar-refractivity contribution is 7.18. The molecule has 0 aliphatic heterocycles. The fourth-order valence-corrected chi connectivity index (χ4v) is 2.41. The van der Waals surface area contributed by atoms with Gasteiger partial charge in [-0.1, -0.05) is 0 Å². The van der Waals surface area contributed by atoms with Gasteiger partial charge in [0.15, 0.2) is 0 Å². The van der Waals surface area contributed by atoms with Crippen LogP contribution in [0.2, 0.25) is 0 Å². The number of carbonyl (C=O) groups is 1. The zero-order valence-electron chi connectivity index (χ0n) is 9.47. The Morgan fingerprint density at radius 2 is 1.80 bits per heavy atom. The van der Waals surface area contributed by atoms with Gasteiger partial charge in [-0.2, -0.15) is 26.3 Å². The van der Waals surface area contributed by atoms with Gasteiger partial charge >= 0.3 is 12.4 Å². The molecule has 0 spiro atoms. The fourth-order valence-electron chi connectivity index (χ4n) is 1.46. The lowest BCUT2D eigenvalue weighted by molar-refractivity contribution is -0.170. The molecule has 0 fully saturated rings. The number of carbonyl (C=O) groups excluding carboxylic acids is 1. The van der Waals surface area contributed by atoms with E-state index in [1.54, 1.807) is 0 Å². The van der Waals surface area contributed by atoms with Crippen molar-refractivity contribution in [3.05, 3.63) is 28.8 Å². The van der Waals surface area contributed by atoms with E-state index in [2.05, 4.69) is 4.98 Å². The van der Waals surface area contributed by atoms with E-state index in [-0.39, 0.29) is 10.5 Å². The molecule has 0 saturated heterocycles. The number of thiazole rings is 1. The highest BCUT2D eigenvalue weighted by atomic mass is 32.1. The van der Waals surface area contributed by atoms with Gasteiger partial charge in [-0.15, -0.1) is 11.3 Å². The number of Topliss-reactive ketones (excluding diaryl/α,β-unsaturated/α-hetero) is 1. The SMILES string of the molecule is O=C(Cc1nc2cc(C(F)(F)F)ccc2s1)C(F)(F)F. The molecule has 0 aliphatic carbocycles. The molecule has 0 unspecified atom stereocenters. The third kappa shape index (κ3) is 3.09. The van der Waals surface area contributed by atoms with Crippen molar-refractivity contribution in [3.63, 3.8) is 0 Å². The van der Waals surface area contributed by atoms with Gasteiger partial charge in [0, 0.05) is 0 Å². The maximum Gasteiger partial charge on any atom is 0.450 e. The molecule has 2 aromatic rings. The lowest BCUT2D eigenvalue weighted by Crippen LogP contribution is -2.24. The Hall–Kier alpha value is -1.64. The van der Waals surface area contributed by atoms with Crippen molar-refractivity contribution in [2.75, 3.05) is 0 Å². The normalized spacial score (nSPS) is 12.9. The summed E-state index contributed by atoms with van der Waals surface area (Å²) >= 11 is 0.762. The molecule has 1 aromatic heterocycles. The molecule has 2 nitrogen and oxygen atoms in total. The van der Waals surface area contributed by atoms with Crippen LogP contribution in [-0.4, -0.2) is 16.9 Å². The minimum Gasteiger partial charge on any atom is -0.289 e. The van der Waals surface area contributed by atoms with Gasteiger partial charge in [-0.3, -0.25) is 4.79 Å². The second kappa shape index (κ2) is 4.72. The third-order valence-corrected chi connectivity index (χ3v) is 3.42. The average Bonchev–Trinajstić information content (AvgIpc) is 2.67. The lowest BCUT2D eigenvalue weighted by Gasteiger charge is -2.04. The number of nitrogens with zero attached hydrogens (tertiary/aromatic N) is 1. The van der Waals surface area contributed by atoms with Crippen LogP contribution in [0.1, 0.15) is 10.6 Å². The van der Waals surface area contributed by atoms with E-state index in [4.69, 9.17) is 0 Å². The first kappa shape index (κ1) is 14.8. The minimum atomic E-state index is -4.98. The van der Waals surface area contributed by atoms with E-state index in [0.29, 0.717) is 4.70 Å². The largest absolute Gasteiger partial charge is 0.450 e. The Balaban J connectivity index is 2.33. The molecule has 1 aromatic carbocycles. The Kier molecular flexibility index (Phi) is 3.49. The number of fused-ring (bicyclic) bond motifs is 1. The first-order valence-electron chi connectivity index (χ1n) is 5.14. The van der Waals surface area contributed by atoms with Gasteiger partial charge in [0.25, 0.3) is 0 Å². The maximum absolute atomic E-state index is 12.5. The van der Waals surface area contributed by atoms with Gasteiger partial charge < -0.3 is 0 Å². The summed E-state index contributed by atoms with van der Waals surface area (Å²) in [5.74, 6) is -1.98. The summed E-state index contributed by atoms with van der Waals surface area (Å²) in [7, 11) is 0. The smallest absolute Gasteiger partial charge is 0.289 e. The zero-order chi connectivity index (χ0) is 15.1. The van der Waals surface area contributed by atoms with Crippen molar-refractivity contribution < 1.29 is 31.1 Å². The molecule has 9 heteroatoms. The van der Waals surface area contributed by atoms with Crippen LogP contribution in [0.3, 0.4) is 0 Å². The van der Waals surface area contributed by atoms with Gasteiger partial charge in [-0.05, 0) is 18.2 Å². The first-order valence-corrected chi connectivity index (χ1v) is 5.96. The summed E-state index contributed by atoms with van der Waals surface area (Å²) in [5.41, 5.74) is -1.02. The maximum atomic E-state index is 12.5. The van der Waals surface area contributed by atoms with E-state index in [1.165, 1.54) is 0 Å². The van der Waals surface area contributed by atoms with E-state index in [9.17, 15) is 31.1 Å². The van der Waals surface area contributed by atoms with Crippen LogP contribution in [-0.2, 0) is 17.4 Å². The van der Waals surface area contributed by atoms with E-state index in [1.807, 2.05) is 0 Å². The molecule has 0 aliphatic rings. The van der Waals surface area contributed by atoms with Crippen molar-refractivity contribution in [2.24, 2.45) is 0 Å². The summed E-state index contributed by atoms with van der Waals surface area (Å²) in [6.07, 6.45) is -10.5. The second-order valence-electron chi connectivity index (χ2n) is 3.89. The van der Waals surface area contributed by atoms with Gasteiger partial charge in [-0.25, -0.2) is 4.98 Å².